The molecule has 2 aromatic rings. The molecule has 5 nitrogen and oxygen atoms in total. The molecular weight excluding hydrogens is 212 g/mol. The van der Waals surface area contributed by atoms with Crippen molar-refractivity contribution in [3.05, 3.63) is 16.6 Å². The molecule has 0 saturated carbocycles. The Morgan fingerprint density at radius 2 is 2.27 bits per heavy atom. The van der Waals surface area contributed by atoms with E-state index in [1.807, 2.05) is 17.7 Å². The van der Waals surface area contributed by atoms with Crippen LogP contribution in [0.25, 0.3) is 11.6 Å². The van der Waals surface area contributed by atoms with E-state index in [1.54, 1.807) is 0 Å². The van der Waals surface area contributed by atoms with Crippen LogP contribution < -0.4 is 0 Å². The highest BCUT2D eigenvalue weighted by Crippen LogP contribution is 2.21. The van der Waals surface area contributed by atoms with E-state index in [0.29, 0.717) is 5.89 Å². The Labute approximate surface area is 92.1 Å². The largest absolute Gasteiger partial charge is 0.408 e. The third-order valence-electron chi connectivity index (χ3n) is 2.00. The van der Waals surface area contributed by atoms with Crippen LogP contribution in [0.15, 0.2) is 10.5 Å². The summed E-state index contributed by atoms with van der Waals surface area (Å²) in [6.45, 7) is 6.04. The standard InChI is InChI=1S/C9H12N4OS/c1-5(2)13-7(4-6(3)12-13)8-10-11-9(15)14-8/h4-5H,1-3H3,(H,11,15). The SMILES string of the molecule is Cc1cc(-c2n[nH]c(=S)o2)n(C(C)C)n1. The van der Waals surface area contributed by atoms with Crippen molar-refractivity contribution in [3.8, 4) is 11.6 Å². The highest BCUT2D eigenvalue weighted by molar-refractivity contribution is 7.71. The molecule has 0 aliphatic rings. The molecule has 2 aromatic heterocycles. The van der Waals surface area contributed by atoms with Crippen molar-refractivity contribution in [1.29, 1.82) is 0 Å². The summed E-state index contributed by atoms with van der Waals surface area (Å²) in [7, 11) is 0. The summed E-state index contributed by atoms with van der Waals surface area (Å²) in [5.41, 5.74) is 1.78. The highest BCUT2D eigenvalue weighted by atomic mass is 32.1. The van der Waals surface area contributed by atoms with Crippen LogP contribution in [0.5, 0.6) is 0 Å². The average Bonchev–Trinajstić information content (AvgIpc) is 2.71. The molecule has 80 valence electrons. The fourth-order valence-electron chi connectivity index (χ4n) is 1.41. The minimum Gasteiger partial charge on any atom is -0.408 e. The number of aromatic nitrogens is 4. The van der Waals surface area contributed by atoms with E-state index in [-0.39, 0.29) is 10.9 Å². The van der Waals surface area contributed by atoms with E-state index in [9.17, 15) is 0 Å². The molecule has 0 bridgehead atoms. The number of rotatable bonds is 2. The molecule has 0 radical (unpaired) electrons. The van der Waals surface area contributed by atoms with Crippen LogP contribution in [-0.2, 0) is 0 Å². The number of hydrogen-bond acceptors (Lipinski definition) is 4. The maximum Gasteiger partial charge on any atom is 0.284 e. The lowest BCUT2D eigenvalue weighted by atomic mass is 10.3. The summed E-state index contributed by atoms with van der Waals surface area (Å²) >= 11 is 4.83. The van der Waals surface area contributed by atoms with E-state index < -0.39 is 0 Å². The number of aromatic amines is 1. The topological polar surface area (TPSA) is 59.6 Å². The van der Waals surface area contributed by atoms with Crippen molar-refractivity contribution >= 4 is 12.2 Å². The number of nitrogens with zero attached hydrogens (tertiary/aromatic N) is 3. The van der Waals surface area contributed by atoms with Crippen molar-refractivity contribution in [2.75, 3.05) is 0 Å². The number of nitrogens with one attached hydrogen (secondary N) is 1. The minimum atomic E-state index is 0.258. The van der Waals surface area contributed by atoms with Crippen molar-refractivity contribution in [2.24, 2.45) is 0 Å². The Hall–Kier alpha value is -1.43. The van der Waals surface area contributed by atoms with Crippen molar-refractivity contribution in [2.45, 2.75) is 26.8 Å². The molecule has 0 unspecified atom stereocenters. The van der Waals surface area contributed by atoms with Gasteiger partial charge in [0.15, 0.2) is 0 Å². The van der Waals surface area contributed by atoms with E-state index in [0.717, 1.165) is 11.4 Å². The maximum atomic E-state index is 5.26. The minimum absolute atomic E-state index is 0.258. The quantitative estimate of drug-likeness (QED) is 0.796. The molecule has 2 heterocycles. The number of H-pyrrole nitrogens is 1. The smallest absolute Gasteiger partial charge is 0.284 e. The highest BCUT2D eigenvalue weighted by Gasteiger charge is 2.14. The predicted octanol–water partition coefficient (Wildman–Crippen LogP) is 2.49. The van der Waals surface area contributed by atoms with Gasteiger partial charge in [0.1, 0.15) is 5.69 Å². The van der Waals surface area contributed by atoms with Crippen LogP contribution in [-0.4, -0.2) is 20.0 Å². The van der Waals surface area contributed by atoms with Gasteiger partial charge in [0.2, 0.25) is 0 Å². The van der Waals surface area contributed by atoms with Gasteiger partial charge in [-0.05, 0) is 39.1 Å². The van der Waals surface area contributed by atoms with Gasteiger partial charge in [-0.25, -0.2) is 5.10 Å². The maximum absolute atomic E-state index is 5.26. The average molecular weight is 224 g/mol. The molecule has 6 heteroatoms. The van der Waals surface area contributed by atoms with Gasteiger partial charge < -0.3 is 4.42 Å². The van der Waals surface area contributed by atoms with Crippen LogP contribution >= 0.6 is 12.2 Å². The summed E-state index contributed by atoms with van der Waals surface area (Å²) < 4.78 is 7.13. The van der Waals surface area contributed by atoms with Gasteiger partial charge >= 0.3 is 0 Å². The summed E-state index contributed by atoms with van der Waals surface area (Å²) in [4.78, 5) is 0.277. The zero-order valence-electron chi connectivity index (χ0n) is 8.81. The second-order valence-corrected chi connectivity index (χ2v) is 4.00. The van der Waals surface area contributed by atoms with Crippen molar-refractivity contribution in [3.63, 3.8) is 0 Å². The predicted molar refractivity (Wildman–Crippen MR) is 58.0 cm³/mol. The van der Waals surface area contributed by atoms with Crippen LogP contribution in [0.3, 0.4) is 0 Å². The molecule has 0 aliphatic carbocycles. The van der Waals surface area contributed by atoms with Crippen LogP contribution in [0, 0.1) is 11.8 Å². The first-order valence-corrected chi connectivity index (χ1v) is 5.11. The number of hydrogen-bond donors (Lipinski definition) is 1. The van der Waals surface area contributed by atoms with Crippen LogP contribution in [0.4, 0.5) is 0 Å². The molecule has 2 rings (SSSR count). The van der Waals surface area contributed by atoms with Gasteiger partial charge in [0.05, 0.1) is 5.69 Å². The van der Waals surface area contributed by atoms with E-state index in [4.69, 9.17) is 16.6 Å². The third kappa shape index (κ3) is 1.85. The zero-order valence-corrected chi connectivity index (χ0v) is 9.63. The fourth-order valence-corrected chi connectivity index (χ4v) is 1.53. The van der Waals surface area contributed by atoms with E-state index >= 15 is 0 Å². The van der Waals surface area contributed by atoms with Gasteiger partial charge in [-0.2, -0.15) is 5.10 Å². The summed E-state index contributed by atoms with van der Waals surface area (Å²) in [5.74, 6) is 0.481. The van der Waals surface area contributed by atoms with Gasteiger partial charge in [-0.3, -0.25) is 4.68 Å². The molecular formula is C9H12N4OS. The van der Waals surface area contributed by atoms with Crippen molar-refractivity contribution < 1.29 is 4.42 Å². The second kappa shape index (κ2) is 3.62. The first-order chi connectivity index (χ1) is 7.08. The van der Waals surface area contributed by atoms with Gasteiger partial charge in [-0.15, -0.1) is 5.10 Å². The molecule has 15 heavy (non-hydrogen) atoms. The monoisotopic (exact) mass is 224 g/mol. The second-order valence-electron chi connectivity index (χ2n) is 3.63. The lowest BCUT2D eigenvalue weighted by Gasteiger charge is -2.07. The Kier molecular flexibility index (Phi) is 2.44. The Morgan fingerprint density at radius 1 is 1.53 bits per heavy atom. The van der Waals surface area contributed by atoms with E-state index in [1.165, 1.54) is 0 Å². The zero-order chi connectivity index (χ0) is 11.0. The van der Waals surface area contributed by atoms with Crippen LogP contribution in [0.2, 0.25) is 0 Å². The Morgan fingerprint density at radius 3 is 2.80 bits per heavy atom. The molecule has 0 aromatic carbocycles. The first kappa shape index (κ1) is 10.1. The first-order valence-electron chi connectivity index (χ1n) is 4.70. The van der Waals surface area contributed by atoms with Crippen molar-refractivity contribution in [1.82, 2.24) is 20.0 Å². The summed E-state index contributed by atoms with van der Waals surface area (Å²) in [5, 5.41) is 10.9. The molecule has 0 atom stereocenters. The van der Waals surface area contributed by atoms with Gasteiger partial charge in [-0.1, -0.05) is 0 Å². The third-order valence-corrected chi connectivity index (χ3v) is 2.18. The molecule has 0 aliphatic heterocycles. The normalized spacial score (nSPS) is 11.2. The fraction of sp³-hybridized carbons (Fsp3) is 0.444. The summed E-state index contributed by atoms with van der Waals surface area (Å²) in [6.07, 6.45) is 0. The molecule has 1 N–H and O–H groups in total. The molecule has 0 spiro atoms. The Balaban J connectivity index is 2.56. The Bertz CT molecular complexity index is 522. The van der Waals surface area contributed by atoms with Gasteiger partial charge in [0.25, 0.3) is 10.7 Å². The molecule has 0 saturated heterocycles. The van der Waals surface area contributed by atoms with E-state index in [2.05, 4.69) is 29.1 Å². The lowest BCUT2D eigenvalue weighted by molar-refractivity contribution is 0.506. The van der Waals surface area contributed by atoms with Crippen LogP contribution in [0.1, 0.15) is 25.6 Å². The molecule has 0 amide bonds. The van der Waals surface area contributed by atoms with Gasteiger partial charge in [0, 0.05) is 6.04 Å². The lowest BCUT2D eigenvalue weighted by Crippen LogP contribution is -2.04. The summed E-state index contributed by atoms with van der Waals surface area (Å²) in [6, 6.07) is 2.18. The number of aryl methyl sites for hydroxylation is 1. The molecule has 0 fully saturated rings.